The number of imidazole rings is 1. The molecule has 0 spiro atoms. The summed E-state index contributed by atoms with van der Waals surface area (Å²) in [6.45, 7) is 5.42. The number of Topliss-reactive ketones (excluding diaryl/α,β-unsaturated/α-hetero) is 1. The third kappa shape index (κ3) is 5.64. The zero-order chi connectivity index (χ0) is 25.9. The van der Waals surface area contributed by atoms with Gasteiger partial charge in [0.1, 0.15) is 23.1 Å². The Hall–Kier alpha value is -3.78. The largest absolute Gasteiger partial charge is 0.457 e. The van der Waals surface area contributed by atoms with Gasteiger partial charge in [0, 0.05) is 50.9 Å². The van der Waals surface area contributed by atoms with Gasteiger partial charge in [-0.1, -0.05) is 19.9 Å². The van der Waals surface area contributed by atoms with E-state index >= 15 is 0 Å². The fourth-order valence-corrected chi connectivity index (χ4v) is 4.57. The molecule has 0 atom stereocenters. The van der Waals surface area contributed by atoms with E-state index in [-0.39, 0.29) is 29.9 Å². The number of aryl methyl sites for hydroxylation is 1. The van der Waals surface area contributed by atoms with Crippen LogP contribution in [-0.2, 0) is 23.0 Å². The molecule has 0 bridgehead atoms. The van der Waals surface area contributed by atoms with E-state index in [9.17, 15) is 9.18 Å². The fourth-order valence-electron chi connectivity index (χ4n) is 4.57. The van der Waals surface area contributed by atoms with Gasteiger partial charge >= 0.3 is 0 Å². The number of nitrogens with zero attached hydrogens (tertiary/aromatic N) is 3. The molecule has 1 aliphatic heterocycles. The quantitative estimate of drug-likeness (QED) is 0.304. The van der Waals surface area contributed by atoms with Crippen molar-refractivity contribution in [2.45, 2.75) is 39.0 Å². The molecule has 7 nitrogen and oxygen atoms in total. The van der Waals surface area contributed by atoms with E-state index in [1.165, 1.54) is 6.07 Å². The molecule has 0 aliphatic carbocycles. The van der Waals surface area contributed by atoms with E-state index in [0.717, 1.165) is 23.9 Å². The molecule has 2 aromatic heterocycles. The molecule has 1 fully saturated rings. The highest BCUT2D eigenvalue weighted by molar-refractivity contribution is 5.83. The fraction of sp³-hybridized carbons (Fsp3) is 0.345. The summed E-state index contributed by atoms with van der Waals surface area (Å²) in [5, 5.41) is 3.13. The van der Waals surface area contributed by atoms with Crippen molar-refractivity contribution in [1.29, 1.82) is 0 Å². The van der Waals surface area contributed by atoms with E-state index in [1.54, 1.807) is 24.4 Å². The summed E-state index contributed by atoms with van der Waals surface area (Å²) in [6, 6.07) is 14.3. The van der Waals surface area contributed by atoms with Crippen LogP contribution in [0.3, 0.4) is 0 Å². The molecule has 0 radical (unpaired) electrons. The van der Waals surface area contributed by atoms with Crippen LogP contribution in [0.2, 0.25) is 0 Å². The molecular formula is C29H31FN4O3. The third-order valence-electron chi connectivity index (χ3n) is 6.81. The third-order valence-corrected chi connectivity index (χ3v) is 6.81. The summed E-state index contributed by atoms with van der Waals surface area (Å²) in [5.74, 6) is 1.93. The molecule has 5 rings (SSSR count). The summed E-state index contributed by atoms with van der Waals surface area (Å²) in [6.07, 6.45) is 3.48. The number of nitrogens with one attached hydrogen (secondary N) is 1. The van der Waals surface area contributed by atoms with E-state index in [2.05, 4.69) is 29.1 Å². The number of carbonyl (C=O) groups is 1. The Morgan fingerprint density at radius 2 is 1.92 bits per heavy atom. The second-order valence-corrected chi connectivity index (χ2v) is 9.78. The Balaban J connectivity index is 1.32. The maximum absolute atomic E-state index is 14.5. The summed E-state index contributed by atoms with van der Waals surface area (Å²) in [4.78, 5) is 21.7. The van der Waals surface area contributed by atoms with E-state index in [1.807, 2.05) is 35.9 Å². The van der Waals surface area contributed by atoms with E-state index in [0.29, 0.717) is 47.6 Å². The second-order valence-electron chi connectivity index (χ2n) is 9.78. The monoisotopic (exact) mass is 502 g/mol. The van der Waals surface area contributed by atoms with Crippen molar-refractivity contribution in [1.82, 2.24) is 14.5 Å². The van der Waals surface area contributed by atoms with Crippen LogP contribution in [0.15, 0.2) is 54.7 Å². The Bertz CT molecular complexity index is 1430. The molecule has 1 saturated heterocycles. The lowest BCUT2D eigenvalue weighted by molar-refractivity contribution is -0.125. The number of rotatable bonds is 8. The first-order valence-electron chi connectivity index (χ1n) is 12.6. The normalized spacial score (nSPS) is 14.3. The van der Waals surface area contributed by atoms with E-state index < -0.39 is 0 Å². The number of halogens is 1. The minimum atomic E-state index is -0.329. The minimum Gasteiger partial charge on any atom is -0.457 e. The second kappa shape index (κ2) is 10.7. The van der Waals surface area contributed by atoms with E-state index in [4.69, 9.17) is 9.47 Å². The number of hydrogen-bond donors (Lipinski definition) is 1. The van der Waals surface area contributed by atoms with Gasteiger partial charge in [-0.05, 0) is 54.7 Å². The van der Waals surface area contributed by atoms with Crippen molar-refractivity contribution in [3.63, 3.8) is 0 Å². The average Bonchev–Trinajstić information content (AvgIpc) is 3.20. The van der Waals surface area contributed by atoms with Crippen LogP contribution in [0.4, 0.5) is 16.0 Å². The lowest BCUT2D eigenvalue weighted by atomic mass is 9.92. The lowest BCUT2D eigenvalue weighted by Crippen LogP contribution is -2.24. The number of aromatic nitrogens is 3. The van der Waals surface area contributed by atoms with Gasteiger partial charge in [0.15, 0.2) is 0 Å². The van der Waals surface area contributed by atoms with Crippen LogP contribution in [0.1, 0.15) is 43.9 Å². The van der Waals surface area contributed by atoms with Crippen LogP contribution >= 0.6 is 0 Å². The molecule has 1 N–H and O–H groups in total. The highest BCUT2D eigenvalue weighted by Gasteiger charge is 2.22. The van der Waals surface area contributed by atoms with Gasteiger partial charge in [0.2, 0.25) is 5.95 Å². The molecule has 0 saturated carbocycles. The van der Waals surface area contributed by atoms with Crippen molar-refractivity contribution < 1.29 is 18.7 Å². The standard InChI is InChI=1S/C29H31FN4O3/c1-18(2)20-4-6-24(30)25(14-20)32-29-33-26-17-22(5-7-27(26)34(29)3)37-23-8-11-31-21(15-23)16-28(35)19-9-12-36-13-10-19/h4-8,11,14-15,17-19H,9-10,12-13,16H2,1-3H3,(H,32,33). The zero-order valence-electron chi connectivity index (χ0n) is 21.3. The Labute approximate surface area is 215 Å². The van der Waals surface area contributed by atoms with Gasteiger partial charge in [-0.15, -0.1) is 0 Å². The predicted octanol–water partition coefficient (Wildman–Crippen LogP) is 6.30. The van der Waals surface area contributed by atoms with Gasteiger partial charge < -0.3 is 19.4 Å². The molecular weight excluding hydrogens is 471 g/mol. The Morgan fingerprint density at radius 3 is 2.70 bits per heavy atom. The highest BCUT2D eigenvalue weighted by Crippen LogP contribution is 2.30. The number of hydrogen-bond acceptors (Lipinski definition) is 6. The highest BCUT2D eigenvalue weighted by atomic mass is 19.1. The number of benzene rings is 2. The van der Waals surface area contributed by atoms with Crippen molar-refractivity contribution in [2.24, 2.45) is 13.0 Å². The molecule has 0 amide bonds. The number of ether oxygens (including phenoxy) is 2. The first kappa shape index (κ1) is 24.9. The summed E-state index contributed by atoms with van der Waals surface area (Å²) in [7, 11) is 1.88. The molecule has 2 aromatic carbocycles. The molecule has 192 valence electrons. The van der Waals surface area contributed by atoms with Crippen molar-refractivity contribution in [3.8, 4) is 11.5 Å². The first-order chi connectivity index (χ1) is 17.9. The number of pyridine rings is 1. The van der Waals surface area contributed by atoms with Crippen molar-refractivity contribution in [2.75, 3.05) is 18.5 Å². The molecule has 4 aromatic rings. The predicted molar refractivity (Wildman–Crippen MR) is 141 cm³/mol. The number of ketones is 1. The average molecular weight is 503 g/mol. The molecule has 0 unspecified atom stereocenters. The molecule has 8 heteroatoms. The van der Waals surface area contributed by atoms with Gasteiger partial charge in [-0.3, -0.25) is 9.78 Å². The van der Waals surface area contributed by atoms with Gasteiger partial charge in [-0.2, -0.15) is 0 Å². The zero-order valence-corrected chi connectivity index (χ0v) is 21.3. The van der Waals surface area contributed by atoms with Gasteiger partial charge in [-0.25, -0.2) is 9.37 Å². The summed E-state index contributed by atoms with van der Waals surface area (Å²) >= 11 is 0. The van der Waals surface area contributed by atoms with Crippen LogP contribution in [0, 0.1) is 11.7 Å². The smallest absolute Gasteiger partial charge is 0.208 e. The Kier molecular flexibility index (Phi) is 7.19. The molecule has 1 aliphatic rings. The van der Waals surface area contributed by atoms with Gasteiger partial charge in [0.05, 0.1) is 22.4 Å². The minimum absolute atomic E-state index is 0.0378. The Morgan fingerprint density at radius 1 is 1.14 bits per heavy atom. The summed E-state index contributed by atoms with van der Waals surface area (Å²) in [5.41, 5.74) is 3.72. The molecule has 37 heavy (non-hydrogen) atoms. The van der Waals surface area contributed by atoms with Crippen molar-refractivity contribution in [3.05, 3.63) is 71.8 Å². The number of carbonyl (C=O) groups excluding carboxylic acids is 1. The maximum Gasteiger partial charge on any atom is 0.208 e. The van der Waals surface area contributed by atoms with Crippen molar-refractivity contribution >= 4 is 28.5 Å². The first-order valence-corrected chi connectivity index (χ1v) is 12.6. The maximum atomic E-state index is 14.5. The van der Waals surface area contributed by atoms with Gasteiger partial charge in [0.25, 0.3) is 0 Å². The lowest BCUT2D eigenvalue weighted by Gasteiger charge is -2.20. The number of anilines is 2. The van der Waals surface area contributed by atoms with Crippen LogP contribution in [-0.4, -0.2) is 33.5 Å². The van der Waals surface area contributed by atoms with Crippen LogP contribution in [0.25, 0.3) is 11.0 Å². The van der Waals surface area contributed by atoms with Crippen LogP contribution in [0.5, 0.6) is 11.5 Å². The van der Waals surface area contributed by atoms with Crippen LogP contribution < -0.4 is 10.1 Å². The SMILES string of the molecule is CC(C)c1ccc(F)c(Nc2nc3cc(Oc4ccnc(CC(=O)C5CCOCC5)c4)ccc3n2C)c1. The topological polar surface area (TPSA) is 78.3 Å². The summed E-state index contributed by atoms with van der Waals surface area (Å²) < 4.78 is 27.8. The number of fused-ring (bicyclic) bond motifs is 1. The molecule has 3 heterocycles.